The van der Waals surface area contributed by atoms with Crippen LogP contribution in [-0.4, -0.2) is 174 Å². The Kier molecular flexibility index (Phi) is 22.0. The molecule has 1 aromatic rings. The molecule has 4 heterocycles. The Bertz CT molecular complexity index is 2100. The monoisotopic (exact) mass is 1020 g/mol. The molecule has 71 heavy (non-hydrogen) atoms. The number of hydrogen-bond donors (Lipinski definition) is 3. The summed E-state index contributed by atoms with van der Waals surface area (Å²) >= 11 is 6.80. The molecule has 1 unspecified atom stereocenters. The van der Waals surface area contributed by atoms with Crippen molar-refractivity contribution in [2.24, 2.45) is 11.8 Å². The number of alkyl carbamates (subject to hydrolysis) is 1. The predicted molar refractivity (Wildman–Crippen MR) is 258 cm³/mol. The largest absolute Gasteiger partial charge is 0.457 e. The van der Waals surface area contributed by atoms with Crippen LogP contribution in [-0.2, 0) is 73.0 Å². The van der Waals surface area contributed by atoms with E-state index < -0.39 is 71.5 Å². The molecule has 4 aliphatic heterocycles. The summed E-state index contributed by atoms with van der Waals surface area (Å²) in [5, 5.41) is 17.4. The van der Waals surface area contributed by atoms with E-state index in [1.807, 2.05) is 58.1 Å². The molecule has 3 N–H and O–H groups in total. The van der Waals surface area contributed by atoms with E-state index in [1.165, 1.54) is 17.1 Å². The third-order valence-corrected chi connectivity index (χ3v) is 13.3. The fourth-order valence-electron chi connectivity index (χ4n) is 8.33. The Labute approximate surface area is 420 Å². The van der Waals surface area contributed by atoms with Gasteiger partial charge in [-0.1, -0.05) is 55.3 Å². The number of rotatable bonds is 24. The number of hydrogen-bond acceptors (Lipinski definition) is 16. The number of carbonyl (C=O) groups excluding carboxylic acids is 6. The second kappa shape index (κ2) is 27.3. The number of ether oxygens (including phenoxy) is 9. The lowest BCUT2D eigenvalue weighted by Gasteiger charge is -2.41. The summed E-state index contributed by atoms with van der Waals surface area (Å²) < 4.78 is 51.4. The lowest BCUT2D eigenvalue weighted by molar-refractivity contribution is -0.166. The number of anilines is 1. The first-order chi connectivity index (χ1) is 33.8. The minimum Gasteiger partial charge on any atom is -0.457 e. The van der Waals surface area contributed by atoms with Gasteiger partial charge >= 0.3 is 12.1 Å². The van der Waals surface area contributed by atoms with Crippen molar-refractivity contribution in [2.45, 2.75) is 103 Å². The highest BCUT2D eigenvalue weighted by atomic mass is 35.5. The van der Waals surface area contributed by atoms with Gasteiger partial charge in [-0.3, -0.25) is 29.4 Å². The number of aryl methyl sites for hydroxylation is 1. The average molecular weight is 1020 g/mol. The summed E-state index contributed by atoms with van der Waals surface area (Å²) in [6, 6.07) is 3.84. The Balaban J connectivity index is 0.994. The number of nitrogens with one attached hydrogen (secondary N) is 2. The average Bonchev–Trinajstić information content (AvgIpc) is 3.92. The second-order valence-electron chi connectivity index (χ2n) is 18.3. The van der Waals surface area contributed by atoms with Gasteiger partial charge in [0, 0.05) is 57.0 Å². The van der Waals surface area contributed by atoms with E-state index in [9.17, 15) is 33.9 Å². The predicted octanol–water partition coefficient (Wildman–Crippen LogP) is 3.51. The van der Waals surface area contributed by atoms with Gasteiger partial charge in [-0.05, 0) is 51.3 Å². The first-order valence-corrected chi connectivity index (χ1v) is 24.5. The number of carbonyl (C=O) groups is 6. The Morgan fingerprint density at radius 3 is 2.13 bits per heavy atom. The van der Waals surface area contributed by atoms with E-state index in [0.717, 1.165) is 21.6 Å². The highest BCUT2D eigenvalue weighted by Crippen LogP contribution is 2.49. The fraction of sp³-hybridized carbons (Fsp3) is 0.640. The van der Waals surface area contributed by atoms with Crippen LogP contribution in [0.4, 0.5) is 10.5 Å². The standard InChI is InChI=1S/C50H71ClN4O16/c1-32-9-8-10-34(3)50(62)31-39(69-48(61)53-50)35(4)46-49(6,71-46)40(30-44(59)54(7)38-29-37(27-32)28-33(2)45(38)51)70-47(60)36(5)68-26-25-67-24-23-66-22-21-65-20-19-64-18-17-63-16-14-52-41(56)13-15-55-42(57)11-12-43(55)58/h8-12,28-29,34-36,39-40,46,62H,13-27,30-31H2,1-7H3,(H,52,56)(H,53,61)/b10-8+,32-9+/t34-,35-,36+,39?,40+,46+,49+,50+/m1/s1. The number of esters is 1. The maximum atomic E-state index is 14.1. The van der Waals surface area contributed by atoms with Crippen molar-refractivity contribution in [1.29, 1.82) is 0 Å². The molecule has 2 saturated heterocycles. The van der Waals surface area contributed by atoms with Crippen molar-refractivity contribution in [2.75, 3.05) is 97.7 Å². The number of fused-ring (bicyclic) bond motifs is 5. The molecule has 2 fully saturated rings. The summed E-state index contributed by atoms with van der Waals surface area (Å²) in [7, 11) is 1.63. The van der Waals surface area contributed by atoms with Gasteiger partial charge in [-0.25, -0.2) is 9.59 Å². The SMILES string of the molecule is C/C1=C\C=C\[C@@H](C)[C@@]2(O)CC(OC(=O)N2)[C@@H](C)[C@@H]2O[C@@]2(C)[C@@H](OC(=O)[C@H](C)OCCOCCOCCOCCOCCOCCNC(=O)CCN2C(=O)C=CC2=O)CC(=O)N(C)c2cc(cc(C)c2Cl)C1. The summed E-state index contributed by atoms with van der Waals surface area (Å²) in [4.78, 5) is 78.1. The van der Waals surface area contributed by atoms with E-state index >= 15 is 0 Å². The summed E-state index contributed by atoms with van der Waals surface area (Å²) in [5.41, 5.74) is 0.470. The van der Waals surface area contributed by atoms with Crippen LogP contribution in [0, 0.1) is 18.8 Å². The normalized spacial score (nSPS) is 27.3. The first kappa shape index (κ1) is 57.1. The third-order valence-electron chi connectivity index (χ3n) is 12.8. The van der Waals surface area contributed by atoms with Gasteiger partial charge in [-0.15, -0.1) is 0 Å². The van der Waals surface area contributed by atoms with E-state index in [-0.39, 0.29) is 64.0 Å². The van der Waals surface area contributed by atoms with Crippen molar-refractivity contribution in [1.82, 2.24) is 15.5 Å². The zero-order valence-electron chi connectivity index (χ0n) is 41.9. The van der Waals surface area contributed by atoms with Crippen LogP contribution in [0.1, 0.15) is 65.0 Å². The van der Waals surface area contributed by atoms with Gasteiger partial charge in [0.05, 0.1) is 95.9 Å². The molecule has 394 valence electrons. The lowest BCUT2D eigenvalue weighted by atomic mass is 9.82. The van der Waals surface area contributed by atoms with E-state index in [4.69, 9.17) is 54.2 Å². The number of imide groups is 1. The van der Waals surface area contributed by atoms with Gasteiger partial charge in [0.2, 0.25) is 11.8 Å². The molecule has 20 nitrogen and oxygen atoms in total. The molecule has 0 spiro atoms. The molecule has 0 saturated carbocycles. The quantitative estimate of drug-likeness (QED) is 0.0581. The Hall–Kier alpha value is -4.77. The van der Waals surface area contributed by atoms with Crippen LogP contribution in [0.3, 0.4) is 0 Å². The molecular formula is C50H71ClN4O16. The van der Waals surface area contributed by atoms with Crippen LogP contribution < -0.4 is 15.5 Å². The van der Waals surface area contributed by atoms with Crippen LogP contribution in [0.15, 0.2) is 48.1 Å². The molecule has 5 rings (SSSR count). The molecule has 4 bridgehead atoms. The van der Waals surface area contributed by atoms with Crippen molar-refractivity contribution in [3.8, 4) is 0 Å². The molecule has 1 aromatic carbocycles. The number of allylic oxidation sites excluding steroid dienone is 3. The molecule has 21 heteroatoms. The molecule has 4 aliphatic rings. The van der Waals surface area contributed by atoms with Crippen LogP contribution in [0.2, 0.25) is 5.02 Å². The summed E-state index contributed by atoms with van der Waals surface area (Å²) in [6.07, 6.45) is 4.13. The highest BCUT2D eigenvalue weighted by Gasteiger charge is 2.64. The Morgan fingerprint density at radius 1 is 0.915 bits per heavy atom. The van der Waals surface area contributed by atoms with Gasteiger partial charge < -0.3 is 58.0 Å². The molecule has 5 amide bonds. The molecule has 0 aromatic heterocycles. The third kappa shape index (κ3) is 16.9. The van der Waals surface area contributed by atoms with Crippen molar-refractivity contribution in [3.05, 3.63) is 64.2 Å². The Morgan fingerprint density at radius 2 is 1.51 bits per heavy atom. The van der Waals surface area contributed by atoms with Crippen molar-refractivity contribution >= 4 is 53.0 Å². The topological polar surface area (TPSA) is 240 Å². The molecule has 0 aliphatic carbocycles. The number of epoxide rings is 1. The number of nitrogens with zero attached hydrogens (tertiary/aromatic N) is 2. The van der Waals surface area contributed by atoms with Crippen LogP contribution >= 0.6 is 11.6 Å². The zero-order chi connectivity index (χ0) is 51.7. The van der Waals surface area contributed by atoms with E-state index in [2.05, 4.69) is 10.6 Å². The highest BCUT2D eigenvalue weighted by molar-refractivity contribution is 6.34. The minimum absolute atomic E-state index is 0.0208. The lowest BCUT2D eigenvalue weighted by Crippen LogP contribution is -2.60. The second-order valence-corrected chi connectivity index (χ2v) is 18.7. The zero-order valence-corrected chi connectivity index (χ0v) is 42.6. The van der Waals surface area contributed by atoms with Gasteiger partial charge in [-0.2, -0.15) is 0 Å². The smallest absolute Gasteiger partial charge is 0.409 e. The minimum atomic E-state index is -1.61. The number of amides is 5. The van der Waals surface area contributed by atoms with Crippen LogP contribution in [0.25, 0.3) is 0 Å². The molecule has 8 atom stereocenters. The first-order valence-electron chi connectivity index (χ1n) is 24.1. The van der Waals surface area contributed by atoms with Gasteiger partial charge in [0.25, 0.3) is 11.8 Å². The van der Waals surface area contributed by atoms with Crippen LogP contribution in [0.5, 0.6) is 0 Å². The van der Waals surface area contributed by atoms with Crippen molar-refractivity contribution in [3.63, 3.8) is 0 Å². The molecular weight excluding hydrogens is 948 g/mol. The molecule has 0 radical (unpaired) electrons. The number of benzene rings is 1. The summed E-state index contributed by atoms with van der Waals surface area (Å²) in [6.45, 7) is 14.4. The van der Waals surface area contributed by atoms with Gasteiger partial charge in [0.1, 0.15) is 23.5 Å². The maximum absolute atomic E-state index is 14.1. The van der Waals surface area contributed by atoms with E-state index in [1.54, 1.807) is 20.9 Å². The number of aliphatic hydroxyl groups is 1. The van der Waals surface area contributed by atoms with Crippen molar-refractivity contribution < 1.29 is 76.5 Å². The maximum Gasteiger partial charge on any atom is 0.409 e. The van der Waals surface area contributed by atoms with E-state index in [0.29, 0.717) is 69.9 Å². The number of halogens is 1. The fourth-order valence-corrected chi connectivity index (χ4v) is 8.57. The van der Waals surface area contributed by atoms with Gasteiger partial charge in [0.15, 0.2) is 6.10 Å². The summed E-state index contributed by atoms with van der Waals surface area (Å²) in [5.74, 6) is -3.16.